The van der Waals surface area contributed by atoms with Crippen LogP contribution in [0.5, 0.6) is 5.75 Å². The Morgan fingerprint density at radius 2 is 1.78 bits per heavy atom. The summed E-state index contributed by atoms with van der Waals surface area (Å²) in [5.41, 5.74) is 2.19. The minimum absolute atomic E-state index is 0.148. The van der Waals surface area contributed by atoms with Gasteiger partial charge in [-0.15, -0.1) is 0 Å². The zero-order valence-electron chi connectivity index (χ0n) is 10.1. The first kappa shape index (κ1) is 13.1. The molecular formula is C15H14BrFO. The number of ether oxygens (including phenoxy) is 1. The molecule has 0 aliphatic heterocycles. The van der Waals surface area contributed by atoms with Crippen LogP contribution in [-0.4, -0.2) is 7.11 Å². The van der Waals surface area contributed by atoms with Gasteiger partial charge in [-0.2, -0.15) is 0 Å². The lowest BCUT2D eigenvalue weighted by molar-refractivity contribution is 0.409. The molecule has 3 heteroatoms. The number of hydrogen-bond donors (Lipinski definition) is 0. The van der Waals surface area contributed by atoms with E-state index in [0.717, 1.165) is 23.3 Å². The van der Waals surface area contributed by atoms with Crippen molar-refractivity contribution in [1.82, 2.24) is 0 Å². The van der Waals surface area contributed by atoms with E-state index in [9.17, 15) is 4.39 Å². The molecule has 0 aliphatic carbocycles. The van der Waals surface area contributed by atoms with Gasteiger partial charge in [0.2, 0.25) is 0 Å². The van der Waals surface area contributed by atoms with E-state index in [-0.39, 0.29) is 10.6 Å². The Kier molecular flexibility index (Phi) is 4.37. The van der Waals surface area contributed by atoms with Crippen LogP contribution in [0.25, 0.3) is 0 Å². The highest BCUT2D eigenvalue weighted by molar-refractivity contribution is 9.09. The molecule has 0 bridgehead atoms. The van der Waals surface area contributed by atoms with Gasteiger partial charge in [-0.25, -0.2) is 4.39 Å². The molecular weight excluding hydrogens is 295 g/mol. The molecule has 0 aliphatic rings. The Bertz CT molecular complexity index is 510. The lowest BCUT2D eigenvalue weighted by atomic mass is 10.0. The number of alkyl halides is 1. The van der Waals surface area contributed by atoms with Gasteiger partial charge in [-0.3, -0.25) is 0 Å². The van der Waals surface area contributed by atoms with Crippen LogP contribution in [0, 0.1) is 5.82 Å². The van der Waals surface area contributed by atoms with Crippen LogP contribution in [0.1, 0.15) is 16.0 Å². The molecule has 0 amide bonds. The van der Waals surface area contributed by atoms with Gasteiger partial charge in [0.05, 0.1) is 7.11 Å². The number of para-hydroxylation sites is 1. The van der Waals surface area contributed by atoms with Crippen LogP contribution in [0.3, 0.4) is 0 Å². The van der Waals surface area contributed by atoms with E-state index in [1.807, 2.05) is 24.3 Å². The SMILES string of the molecule is COc1ccccc1CC(Br)c1ccc(F)cc1. The summed E-state index contributed by atoms with van der Waals surface area (Å²) in [5, 5.41) is 0. The molecule has 0 aromatic heterocycles. The second-order valence-corrected chi connectivity index (χ2v) is 5.14. The van der Waals surface area contributed by atoms with Crippen molar-refractivity contribution in [3.8, 4) is 5.75 Å². The van der Waals surface area contributed by atoms with Gasteiger partial charge in [-0.05, 0) is 35.7 Å². The zero-order chi connectivity index (χ0) is 13.0. The number of rotatable bonds is 4. The Labute approximate surface area is 115 Å². The Hall–Kier alpha value is -1.35. The fraction of sp³-hybridized carbons (Fsp3) is 0.200. The van der Waals surface area contributed by atoms with Crippen LogP contribution in [-0.2, 0) is 6.42 Å². The molecule has 1 atom stereocenters. The maximum absolute atomic E-state index is 12.9. The largest absolute Gasteiger partial charge is 0.496 e. The fourth-order valence-electron chi connectivity index (χ4n) is 1.85. The van der Waals surface area contributed by atoms with Gasteiger partial charge >= 0.3 is 0 Å². The average Bonchev–Trinajstić information content (AvgIpc) is 2.40. The van der Waals surface area contributed by atoms with E-state index in [0.29, 0.717) is 0 Å². The van der Waals surface area contributed by atoms with Gasteiger partial charge in [0.1, 0.15) is 11.6 Å². The van der Waals surface area contributed by atoms with Crippen LogP contribution >= 0.6 is 15.9 Å². The van der Waals surface area contributed by atoms with Crippen LogP contribution in [0.4, 0.5) is 4.39 Å². The monoisotopic (exact) mass is 308 g/mol. The zero-order valence-corrected chi connectivity index (χ0v) is 11.7. The summed E-state index contributed by atoms with van der Waals surface area (Å²) < 4.78 is 18.2. The first-order chi connectivity index (χ1) is 8.70. The number of benzene rings is 2. The normalized spacial score (nSPS) is 12.2. The van der Waals surface area contributed by atoms with Crippen molar-refractivity contribution in [2.75, 3.05) is 7.11 Å². The van der Waals surface area contributed by atoms with E-state index in [4.69, 9.17) is 4.74 Å². The van der Waals surface area contributed by atoms with Crippen molar-refractivity contribution in [2.45, 2.75) is 11.2 Å². The van der Waals surface area contributed by atoms with Crippen molar-refractivity contribution >= 4 is 15.9 Å². The Morgan fingerprint density at radius 3 is 2.44 bits per heavy atom. The van der Waals surface area contributed by atoms with Gasteiger partial charge in [0.25, 0.3) is 0 Å². The maximum Gasteiger partial charge on any atom is 0.123 e. The summed E-state index contributed by atoms with van der Waals surface area (Å²) in [7, 11) is 1.67. The van der Waals surface area contributed by atoms with Crippen molar-refractivity contribution < 1.29 is 9.13 Å². The standard InChI is InChI=1S/C15H14BrFO/c1-18-15-5-3-2-4-12(15)10-14(16)11-6-8-13(17)9-7-11/h2-9,14H,10H2,1H3. The Morgan fingerprint density at radius 1 is 1.11 bits per heavy atom. The predicted octanol–water partition coefficient (Wildman–Crippen LogP) is 4.51. The summed E-state index contributed by atoms with van der Waals surface area (Å²) in [6.45, 7) is 0. The molecule has 0 saturated carbocycles. The van der Waals surface area contributed by atoms with E-state index in [1.165, 1.54) is 12.1 Å². The Balaban J connectivity index is 2.15. The molecule has 2 rings (SSSR count). The van der Waals surface area contributed by atoms with E-state index >= 15 is 0 Å². The third-order valence-electron chi connectivity index (χ3n) is 2.82. The number of halogens is 2. The van der Waals surface area contributed by atoms with Crippen molar-refractivity contribution in [2.24, 2.45) is 0 Å². The molecule has 1 unspecified atom stereocenters. The molecule has 94 valence electrons. The second kappa shape index (κ2) is 6.01. The summed E-state index contributed by atoms with van der Waals surface area (Å²) in [5.74, 6) is 0.666. The molecule has 2 aromatic carbocycles. The van der Waals surface area contributed by atoms with Gasteiger partial charge < -0.3 is 4.74 Å². The first-order valence-corrected chi connectivity index (χ1v) is 6.63. The lowest BCUT2D eigenvalue weighted by Gasteiger charge is -2.13. The summed E-state index contributed by atoms with van der Waals surface area (Å²) >= 11 is 3.63. The quantitative estimate of drug-likeness (QED) is 0.755. The highest BCUT2D eigenvalue weighted by Crippen LogP contribution is 2.30. The molecule has 0 saturated heterocycles. The maximum atomic E-state index is 12.9. The average molecular weight is 309 g/mol. The predicted molar refractivity (Wildman–Crippen MR) is 74.8 cm³/mol. The minimum Gasteiger partial charge on any atom is -0.496 e. The van der Waals surface area contributed by atoms with Crippen LogP contribution in [0.2, 0.25) is 0 Å². The highest BCUT2D eigenvalue weighted by atomic mass is 79.9. The summed E-state index contributed by atoms with van der Waals surface area (Å²) in [6.07, 6.45) is 0.801. The topological polar surface area (TPSA) is 9.23 Å². The van der Waals surface area contributed by atoms with Gasteiger partial charge in [0, 0.05) is 4.83 Å². The van der Waals surface area contributed by atoms with Crippen molar-refractivity contribution in [1.29, 1.82) is 0 Å². The van der Waals surface area contributed by atoms with Gasteiger partial charge in [-0.1, -0.05) is 46.3 Å². The fourth-order valence-corrected chi connectivity index (χ4v) is 2.51. The number of methoxy groups -OCH3 is 1. The molecule has 0 radical (unpaired) electrons. The molecule has 0 N–H and O–H groups in total. The summed E-state index contributed by atoms with van der Waals surface area (Å²) in [6, 6.07) is 14.5. The second-order valence-electron chi connectivity index (χ2n) is 4.04. The molecule has 1 nitrogen and oxygen atoms in total. The summed E-state index contributed by atoms with van der Waals surface area (Å²) in [4.78, 5) is 0.148. The molecule has 18 heavy (non-hydrogen) atoms. The van der Waals surface area contributed by atoms with Crippen LogP contribution < -0.4 is 4.74 Å². The minimum atomic E-state index is -0.212. The molecule has 0 fully saturated rings. The molecule has 0 heterocycles. The van der Waals surface area contributed by atoms with Gasteiger partial charge in [0.15, 0.2) is 0 Å². The smallest absolute Gasteiger partial charge is 0.123 e. The third kappa shape index (κ3) is 3.10. The van der Waals surface area contributed by atoms with E-state index in [2.05, 4.69) is 15.9 Å². The van der Waals surface area contributed by atoms with Crippen molar-refractivity contribution in [3.63, 3.8) is 0 Å². The third-order valence-corrected chi connectivity index (χ3v) is 3.68. The van der Waals surface area contributed by atoms with Crippen molar-refractivity contribution in [3.05, 3.63) is 65.5 Å². The first-order valence-electron chi connectivity index (χ1n) is 5.72. The highest BCUT2D eigenvalue weighted by Gasteiger charge is 2.11. The van der Waals surface area contributed by atoms with E-state index in [1.54, 1.807) is 19.2 Å². The molecule has 2 aromatic rings. The lowest BCUT2D eigenvalue weighted by Crippen LogP contribution is -1.98. The number of hydrogen-bond acceptors (Lipinski definition) is 1. The van der Waals surface area contributed by atoms with E-state index < -0.39 is 0 Å². The van der Waals surface area contributed by atoms with Crippen LogP contribution in [0.15, 0.2) is 48.5 Å². The molecule has 0 spiro atoms.